The Balaban J connectivity index is 2.32. The minimum Gasteiger partial charge on any atom is -0.298 e. The van der Waals surface area contributed by atoms with E-state index in [1.165, 1.54) is 0 Å². The molecule has 3 aromatic rings. The van der Waals surface area contributed by atoms with Crippen molar-refractivity contribution in [1.82, 2.24) is 24.8 Å². The summed E-state index contributed by atoms with van der Waals surface area (Å²) in [5.74, 6) is 0.610. The van der Waals surface area contributed by atoms with Crippen LogP contribution in [0.15, 0.2) is 36.5 Å². The van der Waals surface area contributed by atoms with Crippen molar-refractivity contribution in [2.75, 3.05) is 0 Å². The average molecular weight is 267 g/mol. The number of nitrogens with zero attached hydrogens (tertiary/aromatic N) is 5. The van der Waals surface area contributed by atoms with E-state index in [9.17, 15) is 4.79 Å². The number of aldehydes is 1. The lowest BCUT2D eigenvalue weighted by Crippen LogP contribution is -2.10. The van der Waals surface area contributed by atoms with Crippen LogP contribution in [0.1, 0.15) is 21.7 Å². The highest BCUT2D eigenvalue weighted by atomic mass is 16.1. The van der Waals surface area contributed by atoms with Crippen molar-refractivity contribution in [2.24, 2.45) is 0 Å². The van der Waals surface area contributed by atoms with Gasteiger partial charge in [0, 0.05) is 0 Å². The minimum absolute atomic E-state index is 0.516. The molecule has 0 amide bonds. The number of benzene rings is 1. The molecule has 6 heteroatoms. The molecule has 2 heterocycles. The van der Waals surface area contributed by atoms with Gasteiger partial charge in [0.25, 0.3) is 0 Å². The first-order valence-corrected chi connectivity index (χ1v) is 6.20. The van der Waals surface area contributed by atoms with E-state index in [2.05, 4.69) is 15.4 Å². The van der Waals surface area contributed by atoms with Crippen LogP contribution in [0.25, 0.3) is 11.5 Å². The molecule has 0 aliphatic carbocycles. The highest BCUT2D eigenvalue weighted by Crippen LogP contribution is 2.21. The Morgan fingerprint density at radius 3 is 2.45 bits per heavy atom. The number of hydrogen-bond donors (Lipinski definition) is 0. The van der Waals surface area contributed by atoms with Crippen molar-refractivity contribution in [3.8, 4) is 11.5 Å². The second-order valence-electron chi connectivity index (χ2n) is 4.48. The Morgan fingerprint density at radius 2 is 1.85 bits per heavy atom. The molecule has 100 valence electrons. The summed E-state index contributed by atoms with van der Waals surface area (Å²) in [6.07, 6.45) is 2.45. The third-order valence-corrected chi connectivity index (χ3v) is 3.12. The molecule has 0 spiro atoms. The van der Waals surface area contributed by atoms with E-state index < -0.39 is 0 Å². The molecule has 0 saturated heterocycles. The quantitative estimate of drug-likeness (QED) is 0.680. The van der Waals surface area contributed by atoms with E-state index in [-0.39, 0.29) is 0 Å². The van der Waals surface area contributed by atoms with Gasteiger partial charge in [0.1, 0.15) is 0 Å². The van der Waals surface area contributed by atoms with Crippen LogP contribution < -0.4 is 0 Å². The maximum Gasteiger partial charge on any atom is 0.169 e. The van der Waals surface area contributed by atoms with Crippen LogP contribution in [0.2, 0.25) is 0 Å². The lowest BCUT2D eigenvalue weighted by molar-refractivity contribution is 0.112. The first-order chi connectivity index (χ1) is 9.72. The van der Waals surface area contributed by atoms with E-state index in [4.69, 9.17) is 0 Å². The van der Waals surface area contributed by atoms with Crippen LogP contribution in [0.4, 0.5) is 0 Å². The van der Waals surface area contributed by atoms with Gasteiger partial charge >= 0.3 is 0 Å². The maximum absolute atomic E-state index is 11.4. The monoisotopic (exact) mass is 267 g/mol. The summed E-state index contributed by atoms with van der Waals surface area (Å²) in [6, 6.07) is 9.63. The molecule has 0 N–H and O–H groups in total. The predicted molar refractivity (Wildman–Crippen MR) is 73.3 cm³/mol. The molecule has 2 aromatic heterocycles. The molecule has 0 aliphatic heterocycles. The zero-order valence-electron chi connectivity index (χ0n) is 11.2. The number of carbonyl (C=O) groups is 1. The number of aryl methyl sites for hydroxylation is 2. The number of para-hydroxylation sites is 1. The van der Waals surface area contributed by atoms with E-state index in [0.717, 1.165) is 17.7 Å². The topological polar surface area (TPSA) is 65.6 Å². The predicted octanol–water partition coefficient (Wildman–Crippen LogP) is 1.88. The largest absolute Gasteiger partial charge is 0.298 e. The van der Waals surface area contributed by atoms with E-state index >= 15 is 0 Å². The van der Waals surface area contributed by atoms with Gasteiger partial charge in [-0.3, -0.25) is 4.79 Å². The van der Waals surface area contributed by atoms with Gasteiger partial charge in [-0.2, -0.15) is 9.78 Å². The Bertz CT molecular complexity index is 757. The van der Waals surface area contributed by atoms with E-state index in [0.29, 0.717) is 17.1 Å². The molecule has 3 rings (SSSR count). The van der Waals surface area contributed by atoms with Crippen LogP contribution in [-0.2, 0) is 0 Å². The van der Waals surface area contributed by atoms with Gasteiger partial charge in [-0.05, 0) is 26.0 Å². The van der Waals surface area contributed by atoms with Crippen molar-refractivity contribution in [1.29, 1.82) is 0 Å². The Morgan fingerprint density at radius 1 is 1.10 bits per heavy atom. The third-order valence-electron chi connectivity index (χ3n) is 3.12. The van der Waals surface area contributed by atoms with Crippen LogP contribution >= 0.6 is 0 Å². The fourth-order valence-corrected chi connectivity index (χ4v) is 2.11. The van der Waals surface area contributed by atoms with Gasteiger partial charge in [-0.25, -0.2) is 4.68 Å². The highest BCUT2D eigenvalue weighted by molar-refractivity contribution is 5.82. The van der Waals surface area contributed by atoms with E-state index in [1.807, 2.05) is 37.3 Å². The average Bonchev–Trinajstić information content (AvgIpc) is 3.02. The van der Waals surface area contributed by atoms with Gasteiger partial charge in [0.15, 0.2) is 12.1 Å². The van der Waals surface area contributed by atoms with E-state index in [1.54, 1.807) is 22.5 Å². The van der Waals surface area contributed by atoms with Crippen LogP contribution in [0.5, 0.6) is 0 Å². The molecule has 0 bridgehead atoms. The summed E-state index contributed by atoms with van der Waals surface area (Å²) < 4.78 is 3.33. The molecular formula is C14H13N5O. The molecule has 0 unspecified atom stereocenters. The third kappa shape index (κ3) is 1.82. The zero-order valence-corrected chi connectivity index (χ0v) is 11.2. The van der Waals surface area contributed by atoms with Crippen LogP contribution in [-0.4, -0.2) is 31.1 Å². The standard InChI is InChI=1S/C14H13N5O/c1-10-8-15-17-18(10)14-13(9-20)11(2)16-19(14)12-6-4-3-5-7-12/h3-9H,1-2H3. The first kappa shape index (κ1) is 12.3. The van der Waals surface area contributed by atoms with Crippen molar-refractivity contribution >= 4 is 6.29 Å². The molecule has 0 saturated carbocycles. The lowest BCUT2D eigenvalue weighted by Gasteiger charge is -2.08. The van der Waals surface area contributed by atoms with Crippen LogP contribution in [0.3, 0.4) is 0 Å². The molecule has 20 heavy (non-hydrogen) atoms. The fraction of sp³-hybridized carbons (Fsp3) is 0.143. The molecule has 0 radical (unpaired) electrons. The lowest BCUT2D eigenvalue weighted by atomic mass is 10.2. The summed E-state index contributed by atoms with van der Waals surface area (Å²) in [4.78, 5) is 11.4. The van der Waals surface area contributed by atoms with Gasteiger partial charge in [0.05, 0.1) is 28.8 Å². The summed E-state index contributed by atoms with van der Waals surface area (Å²) in [5, 5.41) is 12.4. The van der Waals surface area contributed by atoms with Crippen LogP contribution in [0, 0.1) is 13.8 Å². The number of hydrogen-bond acceptors (Lipinski definition) is 4. The van der Waals surface area contributed by atoms with Crippen molar-refractivity contribution in [3.63, 3.8) is 0 Å². The number of rotatable bonds is 3. The summed E-state index contributed by atoms with van der Waals surface area (Å²) in [5.41, 5.74) is 2.88. The van der Waals surface area contributed by atoms with Crippen molar-refractivity contribution < 1.29 is 4.79 Å². The highest BCUT2D eigenvalue weighted by Gasteiger charge is 2.19. The first-order valence-electron chi connectivity index (χ1n) is 6.20. The van der Waals surface area contributed by atoms with Gasteiger partial charge < -0.3 is 0 Å². The van der Waals surface area contributed by atoms with Gasteiger partial charge in [0.2, 0.25) is 0 Å². The molecule has 0 fully saturated rings. The van der Waals surface area contributed by atoms with Crippen molar-refractivity contribution in [2.45, 2.75) is 13.8 Å². The smallest absolute Gasteiger partial charge is 0.169 e. The van der Waals surface area contributed by atoms with Crippen molar-refractivity contribution in [3.05, 3.63) is 53.5 Å². The second kappa shape index (κ2) is 4.73. The summed E-state index contributed by atoms with van der Waals surface area (Å²) in [6.45, 7) is 3.69. The summed E-state index contributed by atoms with van der Waals surface area (Å²) >= 11 is 0. The maximum atomic E-state index is 11.4. The normalized spacial score (nSPS) is 10.7. The van der Waals surface area contributed by atoms with Gasteiger partial charge in [-0.15, -0.1) is 5.10 Å². The molecule has 1 aromatic carbocycles. The summed E-state index contributed by atoms with van der Waals surface area (Å²) in [7, 11) is 0. The Hall–Kier alpha value is -2.76. The minimum atomic E-state index is 0.516. The van der Waals surface area contributed by atoms with Gasteiger partial charge in [-0.1, -0.05) is 23.4 Å². The zero-order chi connectivity index (χ0) is 14.1. The molecule has 0 aliphatic rings. The molecule has 6 nitrogen and oxygen atoms in total. The fourth-order valence-electron chi connectivity index (χ4n) is 2.11. The SMILES string of the molecule is Cc1nn(-c2ccccc2)c(-n2nncc2C)c1C=O. The Labute approximate surface area is 115 Å². The number of carbonyl (C=O) groups excluding carboxylic acids is 1. The molecular weight excluding hydrogens is 254 g/mol. The second-order valence-corrected chi connectivity index (χ2v) is 4.48. The Kier molecular flexibility index (Phi) is 2.90. The number of aromatic nitrogens is 5. The molecule has 0 atom stereocenters.